The minimum absolute atomic E-state index is 0.609. The fourth-order valence-electron chi connectivity index (χ4n) is 3.46. The molecular formula is C17H30N4. The van der Waals surface area contributed by atoms with Crippen molar-refractivity contribution >= 4 is 11.6 Å². The minimum Gasteiger partial charge on any atom is -0.370 e. The highest BCUT2D eigenvalue weighted by molar-refractivity contribution is 5.59. The summed E-state index contributed by atoms with van der Waals surface area (Å²) in [4.78, 5) is 11.5. The molecule has 1 N–H and O–H groups in total. The fraction of sp³-hybridized carbons (Fsp3) is 0.765. The Labute approximate surface area is 129 Å². The zero-order chi connectivity index (χ0) is 15.2. The maximum atomic E-state index is 4.60. The fourth-order valence-corrected chi connectivity index (χ4v) is 3.46. The molecule has 2 rings (SSSR count). The van der Waals surface area contributed by atoms with E-state index in [2.05, 4.69) is 48.0 Å². The molecule has 0 spiro atoms. The molecule has 1 aliphatic rings. The molecule has 1 aliphatic carbocycles. The molecule has 2 atom stereocenters. The van der Waals surface area contributed by atoms with Gasteiger partial charge in [-0.25, -0.2) is 9.97 Å². The normalized spacial score (nSPS) is 22.1. The van der Waals surface area contributed by atoms with Gasteiger partial charge in [0, 0.05) is 25.2 Å². The average molecular weight is 290 g/mol. The summed E-state index contributed by atoms with van der Waals surface area (Å²) in [5.41, 5.74) is 1.26. The first-order valence-electron chi connectivity index (χ1n) is 8.49. The molecule has 1 fully saturated rings. The van der Waals surface area contributed by atoms with Crippen molar-refractivity contribution in [2.24, 2.45) is 5.92 Å². The van der Waals surface area contributed by atoms with Gasteiger partial charge in [-0.05, 0) is 31.6 Å². The summed E-state index contributed by atoms with van der Waals surface area (Å²) in [5, 5.41) is 3.45. The maximum absolute atomic E-state index is 4.60. The molecule has 118 valence electrons. The van der Waals surface area contributed by atoms with Crippen LogP contribution in [0.2, 0.25) is 0 Å². The number of rotatable bonds is 6. The Hall–Kier alpha value is -1.32. The highest BCUT2D eigenvalue weighted by Crippen LogP contribution is 2.32. The molecule has 1 saturated carbocycles. The van der Waals surface area contributed by atoms with Gasteiger partial charge in [-0.1, -0.05) is 33.6 Å². The van der Waals surface area contributed by atoms with E-state index in [1.165, 1.54) is 31.2 Å². The zero-order valence-electron chi connectivity index (χ0n) is 14.0. The SMILES string of the molecule is CCCNc1ncnc(N(C)C2CCCCC2C)c1CC. The van der Waals surface area contributed by atoms with Crippen LogP contribution in [0, 0.1) is 5.92 Å². The van der Waals surface area contributed by atoms with Gasteiger partial charge in [-0.15, -0.1) is 0 Å². The predicted molar refractivity (Wildman–Crippen MR) is 90.0 cm³/mol. The van der Waals surface area contributed by atoms with Gasteiger partial charge in [-0.3, -0.25) is 0 Å². The highest BCUT2D eigenvalue weighted by atomic mass is 15.2. The van der Waals surface area contributed by atoms with Crippen molar-refractivity contribution in [2.45, 2.75) is 65.3 Å². The predicted octanol–water partition coefficient (Wildman–Crippen LogP) is 3.88. The van der Waals surface area contributed by atoms with Crippen molar-refractivity contribution in [3.05, 3.63) is 11.9 Å². The molecule has 0 radical (unpaired) electrons. The van der Waals surface area contributed by atoms with E-state index in [-0.39, 0.29) is 0 Å². The van der Waals surface area contributed by atoms with Crippen LogP contribution in [0.1, 0.15) is 58.4 Å². The first-order chi connectivity index (χ1) is 10.2. The van der Waals surface area contributed by atoms with Gasteiger partial charge in [0.1, 0.15) is 18.0 Å². The van der Waals surface area contributed by atoms with E-state index >= 15 is 0 Å². The third kappa shape index (κ3) is 3.66. The van der Waals surface area contributed by atoms with Crippen molar-refractivity contribution in [3.63, 3.8) is 0 Å². The summed E-state index contributed by atoms with van der Waals surface area (Å²) >= 11 is 0. The van der Waals surface area contributed by atoms with Crippen molar-refractivity contribution in [1.29, 1.82) is 0 Å². The first-order valence-corrected chi connectivity index (χ1v) is 8.49. The summed E-state index contributed by atoms with van der Waals surface area (Å²) < 4.78 is 0. The Bertz CT molecular complexity index is 446. The number of hydrogen-bond acceptors (Lipinski definition) is 4. The molecule has 1 aromatic rings. The summed E-state index contributed by atoms with van der Waals surface area (Å²) in [5.74, 6) is 2.87. The lowest BCUT2D eigenvalue weighted by Gasteiger charge is -2.37. The molecule has 0 aromatic carbocycles. The van der Waals surface area contributed by atoms with Gasteiger partial charge in [0.25, 0.3) is 0 Å². The van der Waals surface area contributed by atoms with E-state index in [1.807, 2.05) is 0 Å². The Morgan fingerprint density at radius 2 is 2.00 bits per heavy atom. The molecule has 0 bridgehead atoms. The van der Waals surface area contributed by atoms with Crippen molar-refractivity contribution in [1.82, 2.24) is 9.97 Å². The monoisotopic (exact) mass is 290 g/mol. The van der Waals surface area contributed by atoms with Crippen molar-refractivity contribution in [2.75, 3.05) is 23.8 Å². The number of hydrogen-bond donors (Lipinski definition) is 1. The van der Waals surface area contributed by atoms with Crippen LogP contribution in [0.25, 0.3) is 0 Å². The van der Waals surface area contributed by atoms with Gasteiger partial charge in [0.15, 0.2) is 0 Å². The van der Waals surface area contributed by atoms with Gasteiger partial charge >= 0.3 is 0 Å². The van der Waals surface area contributed by atoms with Crippen LogP contribution in [-0.2, 0) is 6.42 Å². The molecule has 21 heavy (non-hydrogen) atoms. The summed E-state index contributed by atoms with van der Waals surface area (Å²) in [6.07, 6.45) is 9.11. The van der Waals surface area contributed by atoms with Crippen LogP contribution in [0.15, 0.2) is 6.33 Å². The van der Waals surface area contributed by atoms with Gasteiger partial charge in [0.2, 0.25) is 0 Å². The van der Waals surface area contributed by atoms with Crippen molar-refractivity contribution in [3.8, 4) is 0 Å². The van der Waals surface area contributed by atoms with Crippen LogP contribution in [0.4, 0.5) is 11.6 Å². The summed E-state index contributed by atoms with van der Waals surface area (Å²) in [6, 6.07) is 0.609. The maximum Gasteiger partial charge on any atom is 0.137 e. The molecule has 4 nitrogen and oxygen atoms in total. The van der Waals surface area contributed by atoms with E-state index in [1.54, 1.807) is 6.33 Å². The van der Waals surface area contributed by atoms with E-state index in [0.717, 1.165) is 36.9 Å². The van der Waals surface area contributed by atoms with E-state index in [4.69, 9.17) is 0 Å². The van der Waals surface area contributed by atoms with Crippen molar-refractivity contribution < 1.29 is 0 Å². The molecule has 1 aromatic heterocycles. The third-order valence-corrected chi connectivity index (χ3v) is 4.72. The molecule has 0 aliphatic heterocycles. The lowest BCUT2D eigenvalue weighted by molar-refractivity contribution is 0.320. The lowest BCUT2D eigenvalue weighted by Crippen LogP contribution is -2.40. The minimum atomic E-state index is 0.609. The van der Waals surface area contributed by atoms with E-state index in [9.17, 15) is 0 Å². The second-order valence-corrected chi connectivity index (χ2v) is 6.24. The van der Waals surface area contributed by atoms with Gasteiger partial charge < -0.3 is 10.2 Å². The van der Waals surface area contributed by atoms with Crippen LogP contribution in [0.5, 0.6) is 0 Å². The zero-order valence-corrected chi connectivity index (χ0v) is 14.0. The van der Waals surface area contributed by atoms with Crippen LogP contribution < -0.4 is 10.2 Å². The highest BCUT2D eigenvalue weighted by Gasteiger charge is 2.27. The molecule has 0 amide bonds. The number of aromatic nitrogens is 2. The lowest BCUT2D eigenvalue weighted by atomic mass is 9.85. The topological polar surface area (TPSA) is 41.1 Å². The summed E-state index contributed by atoms with van der Waals surface area (Å²) in [7, 11) is 2.21. The Balaban J connectivity index is 2.24. The smallest absolute Gasteiger partial charge is 0.137 e. The third-order valence-electron chi connectivity index (χ3n) is 4.72. The van der Waals surface area contributed by atoms with E-state index < -0.39 is 0 Å². The number of nitrogens with one attached hydrogen (secondary N) is 1. The van der Waals surface area contributed by atoms with Gasteiger partial charge in [0.05, 0.1) is 0 Å². The standard InChI is InChI=1S/C17H30N4/c1-5-11-18-16-14(6-2)17(20-12-19-16)21(4)15-10-8-7-9-13(15)3/h12-13,15H,5-11H2,1-4H3,(H,18,19,20). The largest absolute Gasteiger partial charge is 0.370 e. The Morgan fingerprint density at radius 3 is 2.67 bits per heavy atom. The molecule has 1 heterocycles. The number of nitrogens with zero attached hydrogens (tertiary/aromatic N) is 3. The van der Waals surface area contributed by atoms with Crippen LogP contribution >= 0.6 is 0 Å². The molecular weight excluding hydrogens is 260 g/mol. The molecule has 0 saturated heterocycles. The second kappa shape index (κ2) is 7.62. The summed E-state index contributed by atoms with van der Waals surface area (Å²) in [6.45, 7) is 7.71. The second-order valence-electron chi connectivity index (χ2n) is 6.24. The van der Waals surface area contributed by atoms with Crippen LogP contribution in [-0.4, -0.2) is 29.6 Å². The van der Waals surface area contributed by atoms with Crippen LogP contribution in [0.3, 0.4) is 0 Å². The Morgan fingerprint density at radius 1 is 1.24 bits per heavy atom. The average Bonchev–Trinajstić information content (AvgIpc) is 2.52. The number of anilines is 2. The first kappa shape index (κ1) is 16.1. The molecule has 2 unspecified atom stereocenters. The van der Waals surface area contributed by atoms with Gasteiger partial charge in [-0.2, -0.15) is 0 Å². The quantitative estimate of drug-likeness (QED) is 0.863. The molecule has 4 heteroatoms. The Kier molecular flexibility index (Phi) is 5.83. The van der Waals surface area contributed by atoms with E-state index in [0.29, 0.717) is 6.04 Å².